The molecule has 0 aliphatic carbocycles. The lowest BCUT2D eigenvalue weighted by atomic mass is 9.94. The van der Waals surface area contributed by atoms with E-state index >= 15 is 0 Å². The number of para-hydroxylation sites is 1. The Morgan fingerprint density at radius 2 is 1.88 bits per heavy atom. The number of carbonyl (C=O) groups excluding carboxylic acids is 2. The summed E-state index contributed by atoms with van der Waals surface area (Å²) >= 11 is 0. The Morgan fingerprint density at radius 3 is 2.62 bits per heavy atom. The third kappa shape index (κ3) is 5.51. The molecule has 2 aromatic carbocycles. The van der Waals surface area contributed by atoms with Crippen molar-refractivity contribution in [3.05, 3.63) is 54.1 Å². The number of amides is 2. The van der Waals surface area contributed by atoms with E-state index in [1.165, 1.54) is 6.07 Å². The second-order valence-corrected chi connectivity index (χ2v) is 10.5. The molecule has 0 radical (unpaired) electrons. The highest BCUT2D eigenvalue weighted by Gasteiger charge is 2.39. The number of hydrogen-bond acceptors (Lipinski definition) is 6. The first-order valence-electron chi connectivity index (χ1n) is 11.3. The number of rotatable bonds is 6. The summed E-state index contributed by atoms with van der Waals surface area (Å²) in [5.74, 6) is -0.105. The van der Waals surface area contributed by atoms with Gasteiger partial charge >= 0.3 is 0 Å². The van der Waals surface area contributed by atoms with Gasteiger partial charge in [-0.25, -0.2) is 8.42 Å². The molecule has 0 unspecified atom stereocenters. The summed E-state index contributed by atoms with van der Waals surface area (Å²) in [5, 5.41) is 2.87. The van der Waals surface area contributed by atoms with E-state index in [2.05, 4.69) is 10.0 Å². The summed E-state index contributed by atoms with van der Waals surface area (Å²) < 4.78 is 38.4. The molecule has 9 nitrogen and oxygen atoms in total. The van der Waals surface area contributed by atoms with Crippen LogP contribution >= 0.6 is 0 Å². The molecule has 0 spiro atoms. The van der Waals surface area contributed by atoms with Crippen LogP contribution in [0.15, 0.2) is 48.5 Å². The number of nitrogens with zero attached hydrogens (tertiary/aromatic N) is 1. The highest BCUT2D eigenvalue weighted by molar-refractivity contribution is 7.92. The van der Waals surface area contributed by atoms with Gasteiger partial charge in [0.2, 0.25) is 15.9 Å². The van der Waals surface area contributed by atoms with Crippen LogP contribution in [0, 0.1) is 0 Å². The Kier molecular flexibility index (Phi) is 7.08. The van der Waals surface area contributed by atoms with Crippen LogP contribution in [0.3, 0.4) is 0 Å². The third-order valence-electron chi connectivity index (χ3n) is 6.14. The van der Waals surface area contributed by atoms with Gasteiger partial charge in [-0.2, -0.15) is 0 Å². The predicted octanol–water partition coefficient (Wildman–Crippen LogP) is 2.86. The zero-order chi connectivity index (χ0) is 24.3. The first-order chi connectivity index (χ1) is 16.3. The van der Waals surface area contributed by atoms with Gasteiger partial charge in [0, 0.05) is 18.4 Å². The second kappa shape index (κ2) is 10.0. The first kappa shape index (κ1) is 24.0. The number of anilines is 2. The maximum Gasteiger partial charge on any atom is 0.257 e. The number of sulfonamides is 1. The van der Waals surface area contributed by atoms with Gasteiger partial charge in [-0.05, 0) is 50.1 Å². The molecule has 34 heavy (non-hydrogen) atoms. The largest absolute Gasteiger partial charge is 0.490 e. The van der Waals surface area contributed by atoms with Crippen LogP contribution in [0.5, 0.6) is 5.75 Å². The van der Waals surface area contributed by atoms with Gasteiger partial charge < -0.3 is 19.7 Å². The number of carbonyl (C=O) groups is 2. The highest BCUT2D eigenvalue weighted by Crippen LogP contribution is 2.32. The summed E-state index contributed by atoms with van der Waals surface area (Å²) in [4.78, 5) is 27.3. The Balaban J connectivity index is 1.45. The van der Waals surface area contributed by atoms with Crippen LogP contribution in [0.2, 0.25) is 0 Å². The van der Waals surface area contributed by atoms with Crippen molar-refractivity contribution < 1.29 is 27.5 Å². The summed E-state index contributed by atoms with van der Waals surface area (Å²) in [6.45, 7) is 1.76. The summed E-state index contributed by atoms with van der Waals surface area (Å²) in [5.41, 5.74) is 1.34. The van der Waals surface area contributed by atoms with Gasteiger partial charge in [-0.15, -0.1) is 0 Å². The third-order valence-corrected chi connectivity index (χ3v) is 7.44. The van der Waals surface area contributed by atoms with Crippen LogP contribution < -0.4 is 14.8 Å². The Morgan fingerprint density at radius 1 is 1.12 bits per heavy atom. The van der Waals surface area contributed by atoms with Crippen molar-refractivity contribution in [1.29, 1.82) is 0 Å². The maximum absolute atomic E-state index is 13.2. The van der Waals surface area contributed by atoms with Gasteiger partial charge in [-0.3, -0.25) is 14.3 Å². The molecule has 2 N–H and O–H groups in total. The minimum Gasteiger partial charge on any atom is -0.490 e. The molecule has 2 aliphatic rings. The molecule has 1 saturated heterocycles. The lowest BCUT2D eigenvalue weighted by Crippen LogP contribution is -2.53. The minimum absolute atomic E-state index is 0.0694. The van der Waals surface area contributed by atoms with E-state index in [0.717, 1.165) is 5.69 Å². The highest BCUT2D eigenvalue weighted by atomic mass is 32.2. The van der Waals surface area contributed by atoms with E-state index in [1.807, 2.05) is 30.3 Å². The number of nitrogens with one attached hydrogen (secondary N) is 2. The average molecular weight is 488 g/mol. The van der Waals surface area contributed by atoms with Crippen molar-refractivity contribution in [2.45, 2.75) is 44.4 Å². The van der Waals surface area contributed by atoms with Crippen molar-refractivity contribution in [3.8, 4) is 5.75 Å². The molecule has 2 aliphatic heterocycles. The van der Waals surface area contributed by atoms with Crippen LogP contribution in [0.1, 0.15) is 36.5 Å². The number of hydrogen-bond donors (Lipinski definition) is 2. The number of likely N-dealkylation sites (N-methyl/N-ethyl adjacent to an activating group) is 1. The molecule has 2 amide bonds. The fraction of sp³-hybridized carbons (Fsp3) is 0.417. The van der Waals surface area contributed by atoms with Crippen molar-refractivity contribution >= 4 is 33.2 Å². The van der Waals surface area contributed by atoms with E-state index in [9.17, 15) is 18.0 Å². The lowest BCUT2D eigenvalue weighted by molar-refractivity contribution is -0.130. The number of benzene rings is 2. The molecule has 0 bridgehead atoms. The topological polar surface area (TPSA) is 114 Å². The molecular formula is C24H29N3O6S. The summed E-state index contributed by atoms with van der Waals surface area (Å²) in [6, 6.07) is 13.7. The van der Waals surface area contributed by atoms with Crippen molar-refractivity contribution in [1.82, 2.24) is 4.90 Å². The monoisotopic (exact) mass is 487 g/mol. The smallest absolute Gasteiger partial charge is 0.257 e. The molecule has 0 saturated carbocycles. The normalized spacial score (nSPS) is 22.5. The molecule has 2 aromatic rings. The van der Waals surface area contributed by atoms with Gasteiger partial charge in [0.1, 0.15) is 18.5 Å². The Hall–Kier alpha value is -3.11. The van der Waals surface area contributed by atoms with E-state index in [0.29, 0.717) is 29.8 Å². The van der Waals surface area contributed by atoms with E-state index in [1.54, 1.807) is 31.0 Å². The average Bonchev–Trinajstić information content (AvgIpc) is 2.82. The van der Waals surface area contributed by atoms with Crippen LogP contribution in [0.4, 0.5) is 11.4 Å². The Labute approximate surface area is 199 Å². The second-order valence-electron chi connectivity index (χ2n) is 8.50. The zero-order valence-electron chi connectivity index (χ0n) is 19.2. The van der Waals surface area contributed by atoms with Crippen LogP contribution in [-0.4, -0.2) is 62.8 Å². The molecule has 0 aromatic heterocycles. The van der Waals surface area contributed by atoms with E-state index < -0.39 is 10.0 Å². The fourth-order valence-electron chi connectivity index (χ4n) is 4.28. The SMILES string of the molecule is CCS(=O)(=O)Nc1ccc2c(c1)C(=O)N(C)[C@H]1CC[C@@H](CC(=O)Nc3ccccc3)O[C@H]1CO2. The quantitative estimate of drug-likeness (QED) is 0.648. The van der Waals surface area contributed by atoms with Crippen molar-refractivity contribution in [2.75, 3.05) is 29.4 Å². The minimum atomic E-state index is -3.47. The van der Waals surface area contributed by atoms with Crippen LogP contribution in [0.25, 0.3) is 0 Å². The van der Waals surface area contributed by atoms with Gasteiger partial charge in [0.25, 0.3) is 5.91 Å². The summed E-state index contributed by atoms with van der Waals surface area (Å²) in [7, 11) is -1.76. The van der Waals surface area contributed by atoms with Crippen LogP contribution in [-0.2, 0) is 19.6 Å². The number of ether oxygens (including phenoxy) is 2. The molecule has 2 heterocycles. The van der Waals surface area contributed by atoms with Crippen molar-refractivity contribution in [2.24, 2.45) is 0 Å². The Bertz CT molecular complexity index is 1150. The lowest BCUT2D eigenvalue weighted by Gasteiger charge is -2.42. The fourth-order valence-corrected chi connectivity index (χ4v) is 4.91. The molecule has 182 valence electrons. The molecule has 10 heteroatoms. The zero-order valence-corrected chi connectivity index (χ0v) is 20.0. The van der Waals surface area contributed by atoms with Gasteiger partial charge in [0.15, 0.2) is 0 Å². The summed E-state index contributed by atoms with van der Waals surface area (Å²) in [6.07, 6.45) is 0.847. The van der Waals surface area contributed by atoms with Gasteiger partial charge in [-0.1, -0.05) is 18.2 Å². The predicted molar refractivity (Wildman–Crippen MR) is 128 cm³/mol. The standard InChI is InChI=1S/C24H29N3O6S/c1-3-34(30,31)26-17-9-12-21-19(13-17)24(29)27(2)20-11-10-18(33-22(20)15-32-21)14-23(28)25-16-7-5-4-6-8-16/h4-9,12-13,18,20,22,26H,3,10-11,14-15H2,1-2H3,(H,25,28)/t18-,20-,22-/m0/s1. The molecule has 1 fully saturated rings. The molecule has 3 atom stereocenters. The molecule has 4 rings (SSSR count). The maximum atomic E-state index is 13.2. The molecular weight excluding hydrogens is 458 g/mol. The van der Waals surface area contributed by atoms with E-state index in [-0.39, 0.29) is 48.8 Å². The van der Waals surface area contributed by atoms with Gasteiger partial charge in [0.05, 0.1) is 29.9 Å². The number of fused-ring (bicyclic) bond motifs is 2. The van der Waals surface area contributed by atoms with Crippen molar-refractivity contribution in [3.63, 3.8) is 0 Å². The van der Waals surface area contributed by atoms with E-state index in [4.69, 9.17) is 9.47 Å². The first-order valence-corrected chi connectivity index (χ1v) is 13.0.